The van der Waals surface area contributed by atoms with Gasteiger partial charge in [-0.2, -0.15) is 18.4 Å². The zero-order chi connectivity index (χ0) is 18.9. The highest BCUT2D eigenvalue weighted by Crippen LogP contribution is 2.44. The van der Waals surface area contributed by atoms with Crippen molar-refractivity contribution < 1.29 is 13.2 Å². The van der Waals surface area contributed by atoms with Crippen LogP contribution < -0.4 is 0 Å². The third kappa shape index (κ3) is 3.85. The predicted molar refractivity (Wildman–Crippen MR) is 96.5 cm³/mol. The van der Waals surface area contributed by atoms with E-state index in [0.29, 0.717) is 20.5 Å². The molecule has 0 fully saturated rings. The number of nitrogens with zero attached hydrogens (tertiary/aromatic N) is 1. The standard InChI is InChI=1S/C18H9Cl2F3N2S/c19-11-3-1-10(2-4-11)15-14(9-24)16(17(25-15)18(21,22)23)26-13-7-5-12(20)6-8-13/h1-8,25H. The Kier molecular flexibility index (Phi) is 5.24. The lowest BCUT2D eigenvalue weighted by atomic mass is 10.1. The molecule has 1 N–H and O–H groups in total. The summed E-state index contributed by atoms with van der Waals surface area (Å²) in [6.45, 7) is 0. The van der Waals surface area contributed by atoms with Crippen LogP contribution in [0.15, 0.2) is 58.3 Å². The highest BCUT2D eigenvalue weighted by molar-refractivity contribution is 7.99. The smallest absolute Gasteiger partial charge is 0.349 e. The molecule has 8 heteroatoms. The topological polar surface area (TPSA) is 39.6 Å². The van der Waals surface area contributed by atoms with Crippen LogP contribution in [0.4, 0.5) is 13.2 Å². The van der Waals surface area contributed by atoms with Gasteiger partial charge in [-0.3, -0.25) is 0 Å². The SMILES string of the molecule is N#Cc1c(-c2ccc(Cl)cc2)[nH]c(C(F)(F)F)c1Sc1ccc(Cl)cc1. The maximum Gasteiger partial charge on any atom is 0.432 e. The second-order valence-corrected chi connectivity index (χ2v) is 7.21. The molecular weight excluding hydrogens is 404 g/mol. The fourth-order valence-corrected chi connectivity index (χ4v) is 3.62. The van der Waals surface area contributed by atoms with Gasteiger partial charge in [-0.15, -0.1) is 0 Å². The molecule has 2 nitrogen and oxygen atoms in total. The van der Waals surface area contributed by atoms with E-state index in [1.807, 2.05) is 6.07 Å². The number of aromatic amines is 1. The molecule has 0 saturated carbocycles. The number of nitriles is 1. The van der Waals surface area contributed by atoms with Gasteiger partial charge in [-0.1, -0.05) is 47.1 Å². The summed E-state index contributed by atoms with van der Waals surface area (Å²) >= 11 is 12.5. The lowest BCUT2D eigenvalue weighted by molar-refractivity contribution is -0.142. The molecule has 132 valence electrons. The first-order valence-electron chi connectivity index (χ1n) is 7.22. The van der Waals surface area contributed by atoms with Gasteiger partial charge in [-0.25, -0.2) is 0 Å². The average molecular weight is 413 g/mol. The lowest BCUT2D eigenvalue weighted by Gasteiger charge is -2.08. The van der Waals surface area contributed by atoms with Crippen LogP contribution in [0, 0.1) is 11.3 Å². The van der Waals surface area contributed by atoms with E-state index in [0.717, 1.165) is 11.8 Å². The van der Waals surface area contributed by atoms with Crippen molar-refractivity contribution in [3.8, 4) is 17.3 Å². The Morgan fingerprint density at radius 2 is 1.46 bits per heavy atom. The molecule has 3 rings (SSSR count). The minimum absolute atomic E-state index is 0.0698. The monoisotopic (exact) mass is 412 g/mol. The number of hydrogen-bond donors (Lipinski definition) is 1. The van der Waals surface area contributed by atoms with Crippen molar-refractivity contribution in [3.63, 3.8) is 0 Å². The van der Waals surface area contributed by atoms with E-state index in [2.05, 4.69) is 4.98 Å². The fourth-order valence-electron chi connectivity index (χ4n) is 2.34. The molecule has 0 unspecified atom stereocenters. The van der Waals surface area contributed by atoms with Crippen molar-refractivity contribution in [2.24, 2.45) is 0 Å². The quantitative estimate of drug-likeness (QED) is 0.501. The average Bonchev–Trinajstić information content (AvgIpc) is 2.96. The van der Waals surface area contributed by atoms with Crippen molar-refractivity contribution in [1.29, 1.82) is 5.26 Å². The van der Waals surface area contributed by atoms with Crippen LogP contribution in [-0.2, 0) is 6.18 Å². The van der Waals surface area contributed by atoms with Gasteiger partial charge in [0, 0.05) is 14.9 Å². The first-order valence-corrected chi connectivity index (χ1v) is 8.79. The molecule has 2 aromatic carbocycles. The van der Waals surface area contributed by atoms with Gasteiger partial charge >= 0.3 is 6.18 Å². The first kappa shape index (κ1) is 18.7. The van der Waals surface area contributed by atoms with Crippen molar-refractivity contribution in [3.05, 3.63) is 69.8 Å². The van der Waals surface area contributed by atoms with Crippen molar-refractivity contribution in [2.75, 3.05) is 0 Å². The zero-order valence-corrected chi connectivity index (χ0v) is 15.2. The van der Waals surface area contributed by atoms with Gasteiger partial charge in [0.2, 0.25) is 0 Å². The van der Waals surface area contributed by atoms with Gasteiger partial charge in [0.05, 0.1) is 16.2 Å². The van der Waals surface area contributed by atoms with E-state index in [-0.39, 0.29) is 16.2 Å². The second kappa shape index (κ2) is 7.28. The fraction of sp³-hybridized carbons (Fsp3) is 0.0556. The summed E-state index contributed by atoms with van der Waals surface area (Å²) in [4.78, 5) is 2.74. The highest BCUT2D eigenvalue weighted by Gasteiger charge is 2.38. The summed E-state index contributed by atoms with van der Waals surface area (Å²) in [5, 5.41) is 10.4. The van der Waals surface area contributed by atoms with E-state index < -0.39 is 11.9 Å². The van der Waals surface area contributed by atoms with Crippen LogP contribution >= 0.6 is 35.0 Å². The van der Waals surface area contributed by atoms with Crippen LogP contribution in [0.3, 0.4) is 0 Å². The van der Waals surface area contributed by atoms with Gasteiger partial charge in [0.25, 0.3) is 0 Å². The van der Waals surface area contributed by atoms with E-state index in [1.165, 1.54) is 0 Å². The molecule has 0 aliphatic heterocycles. The molecule has 1 aromatic heterocycles. The lowest BCUT2D eigenvalue weighted by Crippen LogP contribution is -2.07. The number of halogens is 5. The molecule has 1 heterocycles. The van der Waals surface area contributed by atoms with Gasteiger partial charge in [0.1, 0.15) is 11.8 Å². The summed E-state index contributed by atoms with van der Waals surface area (Å²) in [6.07, 6.45) is -4.63. The molecule has 3 aromatic rings. The normalized spacial score (nSPS) is 11.4. The van der Waals surface area contributed by atoms with Crippen LogP contribution in [0.5, 0.6) is 0 Å². The molecule has 0 saturated heterocycles. The molecule has 26 heavy (non-hydrogen) atoms. The van der Waals surface area contributed by atoms with Crippen molar-refractivity contribution in [1.82, 2.24) is 4.98 Å². The number of rotatable bonds is 3. The summed E-state index contributed by atoms with van der Waals surface area (Å²) in [5.41, 5.74) is -0.481. The van der Waals surface area contributed by atoms with Crippen molar-refractivity contribution >= 4 is 35.0 Å². The predicted octanol–water partition coefficient (Wildman–Crippen LogP) is 7.03. The number of nitrogens with one attached hydrogen (secondary N) is 1. The van der Waals surface area contributed by atoms with Gasteiger partial charge < -0.3 is 4.98 Å². The van der Waals surface area contributed by atoms with E-state index in [9.17, 15) is 18.4 Å². The van der Waals surface area contributed by atoms with E-state index in [1.54, 1.807) is 48.5 Å². The Labute approximate surface area is 161 Å². The summed E-state index contributed by atoms with van der Waals surface area (Å²) < 4.78 is 40.6. The number of hydrogen-bond acceptors (Lipinski definition) is 2. The summed E-state index contributed by atoms with van der Waals surface area (Å²) in [7, 11) is 0. The minimum atomic E-state index is -4.63. The number of benzene rings is 2. The van der Waals surface area contributed by atoms with Crippen LogP contribution in [0.25, 0.3) is 11.3 Å². The van der Waals surface area contributed by atoms with E-state index >= 15 is 0 Å². The molecule has 0 aliphatic carbocycles. The maximum atomic E-state index is 13.5. The Bertz CT molecular complexity index is 972. The highest BCUT2D eigenvalue weighted by atomic mass is 35.5. The first-order chi connectivity index (χ1) is 12.3. The Hall–Kier alpha value is -2.07. The second-order valence-electron chi connectivity index (χ2n) is 5.25. The largest absolute Gasteiger partial charge is 0.432 e. The number of alkyl halides is 3. The Balaban J connectivity index is 2.16. The molecule has 0 amide bonds. The van der Waals surface area contributed by atoms with Crippen LogP contribution in [0.1, 0.15) is 11.3 Å². The van der Waals surface area contributed by atoms with Crippen LogP contribution in [-0.4, -0.2) is 4.98 Å². The molecule has 0 aliphatic rings. The maximum absolute atomic E-state index is 13.5. The zero-order valence-electron chi connectivity index (χ0n) is 12.9. The Morgan fingerprint density at radius 1 is 0.923 bits per heavy atom. The Morgan fingerprint density at radius 3 is 1.96 bits per heavy atom. The number of H-pyrrole nitrogens is 1. The van der Waals surface area contributed by atoms with Gasteiger partial charge in [0.15, 0.2) is 0 Å². The third-order valence-electron chi connectivity index (χ3n) is 3.52. The molecule has 0 atom stereocenters. The molecule has 0 radical (unpaired) electrons. The number of aromatic nitrogens is 1. The summed E-state index contributed by atoms with van der Waals surface area (Å²) in [5.74, 6) is 0. The third-order valence-corrected chi connectivity index (χ3v) is 5.14. The van der Waals surface area contributed by atoms with Crippen molar-refractivity contribution in [2.45, 2.75) is 16.0 Å². The summed E-state index contributed by atoms with van der Waals surface area (Å²) in [6, 6.07) is 14.5. The minimum Gasteiger partial charge on any atom is -0.349 e. The van der Waals surface area contributed by atoms with E-state index in [4.69, 9.17) is 23.2 Å². The van der Waals surface area contributed by atoms with Crippen LogP contribution in [0.2, 0.25) is 10.0 Å². The molecular formula is C18H9Cl2F3N2S. The van der Waals surface area contributed by atoms with Gasteiger partial charge in [-0.05, 0) is 42.0 Å². The molecule has 0 bridgehead atoms. The molecule has 0 spiro atoms.